The van der Waals surface area contributed by atoms with Gasteiger partial charge in [0.25, 0.3) is 11.0 Å². The van der Waals surface area contributed by atoms with E-state index in [1.165, 1.54) is 0 Å². The zero-order valence-electron chi connectivity index (χ0n) is 21.9. The number of carbonyl (C=O) groups is 2. The molecule has 0 aliphatic heterocycles. The molecule has 0 heterocycles. The van der Waals surface area contributed by atoms with Gasteiger partial charge in [-0.15, -0.1) is 0 Å². The van der Waals surface area contributed by atoms with Crippen LogP contribution in [0.4, 0.5) is 0 Å². The summed E-state index contributed by atoms with van der Waals surface area (Å²) in [7, 11) is -7.49. The van der Waals surface area contributed by atoms with E-state index in [2.05, 4.69) is 0 Å². The van der Waals surface area contributed by atoms with Crippen molar-refractivity contribution in [1.82, 2.24) is 0 Å². The maximum atomic E-state index is 12.5. The molecular formula is C26H38O8P2. The predicted octanol–water partition coefficient (Wildman–Crippen LogP) is 7.74. The van der Waals surface area contributed by atoms with Crippen LogP contribution in [-0.4, -0.2) is 36.5 Å². The van der Waals surface area contributed by atoms with Gasteiger partial charge in [-0.2, -0.15) is 0 Å². The molecule has 0 fully saturated rings. The van der Waals surface area contributed by atoms with Gasteiger partial charge in [-0.05, 0) is 40.5 Å². The van der Waals surface area contributed by atoms with Crippen molar-refractivity contribution in [1.29, 1.82) is 0 Å². The van der Waals surface area contributed by atoms with Gasteiger partial charge in [0.05, 0.1) is 25.4 Å². The number of benzene rings is 2. The van der Waals surface area contributed by atoms with Crippen molar-refractivity contribution >= 4 is 26.2 Å². The lowest BCUT2D eigenvalue weighted by atomic mass is 10.2. The topological polar surface area (TPSA) is 105 Å². The van der Waals surface area contributed by atoms with Crippen molar-refractivity contribution in [3.63, 3.8) is 0 Å². The maximum absolute atomic E-state index is 12.5. The van der Waals surface area contributed by atoms with E-state index in [0.717, 1.165) is 0 Å². The van der Waals surface area contributed by atoms with Crippen LogP contribution in [0.5, 0.6) is 0 Å². The van der Waals surface area contributed by atoms with Gasteiger partial charge in [0.1, 0.15) is 0 Å². The van der Waals surface area contributed by atoms with Gasteiger partial charge < -0.3 is 18.1 Å². The van der Waals surface area contributed by atoms with Gasteiger partial charge in [-0.1, -0.05) is 74.5 Å². The Kier molecular flexibility index (Phi) is 14.3. The quantitative estimate of drug-likeness (QED) is 0.224. The second kappa shape index (κ2) is 16.0. The summed E-state index contributed by atoms with van der Waals surface area (Å²) in [5.74, 6) is 0. The van der Waals surface area contributed by atoms with Crippen LogP contribution >= 0.6 is 15.2 Å². The standard InChI is InChI=1S/2C13H19O4P/c1-10(2)16-18(15,17-11(3)4)13(14)12-8-6-5-7-9-12;1-3-10-16-18(15,17-11-4-2)13(14)12-8-6-5-7-9-12/h5-11H,1-4H3;5-9H,3-4,10-11H2,1-2H3. The highest BCUT2D eigenvalue weighted by Crippen LogP contribution is 2.53. The fourth-order valence-corrected chi connectivity index (χ4v) is 6.17. The van der Waals surface area contributed by atoms with E-state index in [0.29, 0.717) is 24.0 Å². The van der Waals surface area contributed by atoms with Crippen molar-refractivity contribution in [3.8, 4) is 0 Å². The normalized spacial score (nSPS) is 11.8. The number of carbonyl (C=O) groups excluding carboxylic acids is 2. The lowest BCUT2D eigenvalue weighted by molar-refractivity contribution is 0.0924. The second-order valence-electron chi connectivity index (χ2n) is 8.31. The molecule has 10 heteroatoms. The lowest BCUT2D eigenvalue weighted by Gasteiger charge is -2.21. The van der Waals surface area contributed by atoms with Crippen molar-refractivity contribution < 1.29 is 36.8 Å². The molecule has 8 nitrogen and oxygen atoms in total. The zero-order chi connectivity index (χ0) is 27.2. The van der Waals surface area contributed by atoms with Crippen molar-refractivity contribution in [2.45, 2.75) is 66.6 Å². The largest absolute Gasteiger partial charge is 0.402 e. The average Bonchev–Trinajstić information content (AvgIpc) is 2.85. The Bertz CT molecular complexity index is 997. The number of hydrogen-bond donors (Lipinski definition) is 0. The van der Waals surface area contributed by atoms with Gasteiger partial charge in [0, 0.05) is 11.1 Å². The molecule has 0 aliphatic carbocycles. The molecule has 0 saturated heterocycles. The number of hydrogen-bond acceptors (Lipinski definition) is 8. The van der Waals surface area contributed by atoms with Crippen LogP contribution < -0.4 is 0 Å². The van der Waals surface area contributed by atoms with Crippen LogP contribution in [0.2, 0.25) is 0 Å². The summed E-state index contributed by atoms with van der Waals surface area (Å²) < 4.78 is 45.8. The molecule has 0 saturated carbocycles. The minimum Gasteiger partial charge on any atom is -0.303 e. The Morgan fingerprint density at radius 2 is 0.972 bits per heavy atom. The van der Waals surface area contributed by atoms with Gasteiger partial charge >= 0.3 is 15.2 Å². The van der Waals surface area contributed by atoms with Gasteiger partial charge in [-0.3, -0.25) is 18.7 Å². The molecule has 0 amide bonds. The van der Waals surface area contributed by atoms with Crippen LogP contribution in [0.25, 0.3) is 0 Å². The minimum atomic E-state index is -3.78. The number of rotatable bonds is 14. The predicted molar refractivity (Wildman–Crippen MR) is 142 cm³/mol. The third-order valence-corrected chi connectivity index (χ3v) is 8.12. The summed E-state index contributed by atoms with van der Waals surface area (Å²) in [6.45, 7) is 11.1. The average molecular weight is 541 g/mol. The summed E-state index contributed by atoms with van der Waals surface area (Å²) in [6.07, 6.45) is 0.674. The third kappa shape index (κ3) is 10.6. The Morgan fingerprint density at radius 1 is 0.639 bits per heavy atom. The molecule has 0 atom stereocenters. The first-order valence-electron chi connectivity index (χ1n) is 12.0. The highest BCUT2D eigenvalue weighted by atomic mass is 31.2. The molecule has 0 N–H and O–H groups in total. The van der Waals surface area contributed by atoms with Crippen LogP contribution in [0.15, 0.2) is 60.7 Å². The molecule has 2 rings (SSSR count). The molecular weight excluding hydrogens is 502 g/mol. The molecule has 0 aliphatic rings. The smallest absolute Gasteiger partial charge is 0.303 e. The molecule has 0 unspecified atom stereocenters. The van der Waals surface area contributed by atoms with E-state index in [-0.39, 0.29) is 25.4 Å². The summed E-state index contributed by atoms with van der Waals surface area (Å²) in [5, 5.41) is 0. The molecule has 0 aromatic heterocycles. The van der Waals surface area contributed by atoms with Crippen LogP contribution in [0.3, 0.4) is 0 Å². The van der Waals surface area contributed by atoms with E-state index in [9.17, 15) is 18.7 Å². The first-order chi connectivity index (χ1) is 17.0. The summed E-state index contributed by atoms with van der Waals surface area (Å²) in [6, 6.07) is 16.9. The molecule has 0 spiro atoms. The van der Waals surface area contributed by atoms with Crippen LogP contribution in [-0.2, 0) is 27.2 Å². The molecule has 2 aromatic rings. The fourth-order valence-electron chi connectivity index (χ4n) is 2.73. The van der Waals surface area contributed by atoms with E-state index in [1.807, 2.05) is 13.8 Å². The van der Waals surface area contributed by atoms with Crippen LogP contribution in [0, 0.1) is 0 Å². The SMILES string of the molecule is CC(C)OP(=O)(OC(C)C)C(=O)c1ccccc1.CCCOP(=O)(OCCC)C(=O)c1ccccc1. The van der Waals surface area contributed by atoms with Crippen LogP contribution in [0.1, 0.15) is 75.1 Å². The second-order valence-corrected chi connectivity index (χ2v) is 12.1. The zero-order valence-corrected chi connectivity index (χ0v) is 23.7. The van der Waals surface area contributed by atoms with Gasteiger partial charge in [0.15, 0.2) is 0 Å². The van der Waals surface area contributed by atoms with Crippen molar-refractivity contribution in [2.24, 2.45) is 0 Å². The highest BCUT2D eigenvalue weighted by molar-refractivity contribution is 7.73. The first-order valence-corrected chi connectivity index (χ1v) is 15.1. The molecule has 200 valence electrons. The van der Waals surface area contributed by atoms with Crippen molar-refractivity contribution in [2.75, 3.05) is 13.2 Å². The van der Waals surface area contributed by atoms with E-state index in [1.54, 1.807) is 88.4 Å². The maximum Gasteiger partial charge on any atom is 0.402 e. The Morgan fingerprint density at radius 3 is 1.28 bits per heavy atom. The summed E-state index contributed by atoms with van der Waals surface area (Å²) >= 11 is 0. The highest BCUT2D eigenvalue weighted by Gasteiger charge is 2.38. The van der Waals surface area contributed by atoms with E-state index in [4.69, 9.17) is 18.1 Å². The molecule has 36 heavy (non-hydrogen) atoms. The molecule has 0 radical (unpaired) electrons. The van der Waals surface area contributed by atoms with Gasteiger partial charge in [0.2, 0.25) is 0 Å². The Balaban J connectivity index is 0.000000360. The minimum absolute atomic E-state index is 0.250. The van der Waals surface area contributed by atoms with Crippen molar-refractivity contribution in [3.05, 3.63) is 71.8 Å². The molecule has 2 aromatic carbocycles. The Labute approximate surface area is 214 Å². The third-order valence-electron chi connectivity index (χ3n) is 4.17. The fraction of sp³-hybridized carbons (Fsp3) is 0.462. The monoisotopic (exact) mass is 540 g/mol. The molecule has 0 bridgehead atoms. The van der Waals surface area contributed by atoms with E-state index >= 15 is 0 Å². The lowest BCUT2D eigenvalue weighted by Crippen LogP contribution is -2.14. The first kappa shape index (κ1) is 32.1. The summed E-state index contributed by atoms with van der Waals surface area (Å²) in [4.78, 5) is 24.4. The van der Waals surface area contributed by atoms with Gasteiger partial charge in [-0.25, -0.2) is 0 Å². The Hall–Kier alpha value is -1.92. The summed E-state index contributed by atoms with van der Waals surface area (Å²) in [5.41, 5.74) is -0.467. The van der Waals surface area contributed by atoms with E-state index < -0.39 is 26.2 Å².